The maximum absolute atomic E-state index is 11.6. The van der Waals surface area contributed by atoms with Crippen LogP contribution in [0.15, 0.2) is 29.2 Å². The van der Waals surface area contributed by atoms with Gasteiger partial charge in [-0.1, -0.05) is 90.2 Å². The minimum atomic E-state index is -0.344. The lowest BCUT2D eigenvalue weighted by molar-refractivity contribution is 0.107. The summed E-state index contributed by atoms with van der Waals surface area (Å²) < 4.78 is 0. The Balaban J connectivity index is 2.46. The summed E-state index contributed by atoms with van der Waals surface area (Å²) in [7, 11) is 0. The van der Waals surface area contributed by atoms with Gasteiger partial charge in [-0.3, -0.25) is 4.79 Å². The minimum absolute atomic E-state index is 0.344. The van der Waals surface area contributed by atoms with Gasteiger partial charge in [0.25, 0.3) is 5.24 Å². The van der Waals surface area contributed by atoms with Gasteiger partial charge >= 0.3 is 0 Å². The van der Waals surface area contributed by atoms with Crippen LogP contribution in [0.3, 0.4) is 0 Å². The lowest BCUT2D eigenvalue weighted by Crippen LogP contribution is -2.05. The molecule has 0 aliphatic rings. The second kappa shape index (κ2) is 15.6. The van der Waals surface area contributed by atoms with Crippen LogP contribution >= 0.6 is 23.4 Å². The number of carbonyl (C=O) groups is 1. The number of carbonyl (C=O) groups excluding carboxylic acids is 1. The number of thioether (sulfide) groups is 1. The molecule has 1 nitrogen and oxygen atoms in total. The molecule has 3 heteroatoms. The van der Waals surface area contributed by atoms with Gasteiger partial charge in [-0.25, -0.2) is 0 Å². The Morgan fingerprint density at radius 1 is 0.885 bits per heavy atom. The third-order valence-corrected chi connectivity index (χ3v) is 6.51. The Morgan fingerprint density at radius 3 is 2.04 bits per heavy atom. The standard InChI is InChI=1S/C23H37ClOS/c1-3-5-7-9-10-12-16-20(15-11-8-6-4-2)19-26-22-18-14-13-17-21(22)23(24)25/h13-14,17-18,20H,3-12,15-16,19H2,1-2H3. The fourth-order valence-corrected chi connectivity index (χ4v) is 4.81. The van der Waals surface area contributed by atoms with E-state index in [0.717, 1.165) is 16.6 Å². The van der Waals surface area contributed by atoms with Crippen molar-refractivity contribution >= 4 is 28.6 Å². The Hall–Kier alpha value is -0.470. The van der Waals surface area contributed by atoms with Crippen molar-refractivity contribution in [2.45, 2.75) is 95.8 Å². The number of rotatable bonds is 16. The number of benzene rings is 1. The van der Waals surface area contributed by atoms with Crippen LogP contribution in [0.4, 0.5) is 0 Å². The molecule has 1 rings (SSSR count). The second-order valence-electron chi connectivity index (χ2n) is 7.35. The summed E-state index contributed by atoms with van der Waals surface area (Å²) in [6.07, 6.45) is 16.1. The summed E-state index contributed by atoms with van der Waals surface area (Å²) in [4.78, 5) is 12.6. The van der Waals surface area contributed by atoms with Crippen LogP contribution in [0.5, 0.6) is 0 Å². The number of hydrogen-bond acceptors (Lipinski definition) is 2. The summed E-state index contributed by atoms with van der Waals surface area (Å²) >= 11 is 7.55. The van der Waals surface area contributed by atoms with Gasteiger partial charge in [0.1, 0.15) is 0 Å². The molecule has 0 aliphatic carbocycles. The fourth-order valence-electron chi connectivity index (χ4n) is 3.35. The van der Waals surface area contributed by atoms with Crippen LogP contribution in [-0.2, 0) is 0 Å². The summed E-state index contributed by atoms with van der Waals surface area (Å²) in [5, 5.41) is -0.344. The van der Waals surface area contributed by atoms with E-state index >= 15 is 0 Å². The first-order valence-corrected chi connectivity index (χ1v) is 12.0. The zero-order valence-electron chi connectivity index (χ0n) is 16.8. The molecule has 148 valence electrons. The SMILES string of the molecule is CCCCCCCCC(CCCCCC)CSc1ccccc1C(=O)Cl. The van der Waals surface area contributed by atoms with Gasteiger partial charge < -0.3 is 0 Å². The highest BCUT2D eigenvalue weighted by Crippen LogP contribution is 2.30. The van der Waals surface area contributed by atoms with Crippen molar-refractivity contribution in [3.8, 4) is 0 Å². The zero-order chi connectivity index (χ0) is 19.0. The van der Waals surface area contributed by atoms with E-state index in [1.54, 1.807) is 0 Å². The molecule has 0 radical (unpaired) electrons. The van der Waals surface area contributed by atoms with Crippen molar-refractivity contribution in [1.82, 2.24) is 0 Å². The largest absolute Gasteiger partial charge is 0.276 e. The third kappa shape index (κ3) is 10.6. The van der Waals surface area contributed by atoms with E-state index in [9.17, 15) is 4.79 Å². The normalized spacial score (nSPS) is 12.3. The molecule has 1 atom stereocenters. The van der Waals surface area contributed by atoms with Crippen molar-refractivity contribution in [2.75, 3.05) is 5.75 Å². The fraction of sp³-hybridized carbons (Fsp3) is 0.696. The molecule has 0 bridgehead atoms. The quantitative estimate of drug-likeness (QED) is 0.158. The van der Waals surface area contributed by atoms with E-state index in [1.807, 2.05) is 36.0 Å². The second-order valence-corrected chi connectivity index (χ2v) is 8.76. The van der Waals surface area contributed by atoms with E-state index in [0.29, 0.717) is 5.56 Å². The molecule has 1 unspecified atom stereocenters. The average Bonchev–Trinajstić information content (AvgIpc) is 2.65. The number of unbranched alkanes of at least 4 members (excludes halogenated alkanes) is 8. The smallest absolute Gasteiger partial charge is 0.253 e. The summed E-state index contributed by atoms with van der Waals surface area (Å²) in [5.74, 6) is 1.85. The third-order valence-electron chi connectivity index (χ3n) is 5.01. The van der Waals surface area contributed by atoms with Crippen molar-refractivity contribution in [2.24, 2.45) is 5.92 Å². The van der Waals surface area contributed by atoms with Gasteiger partial charge in [-0.2, -0.15) is 0 Å². The maximum Gasteiger partial charge on any atom is 0.253 e. The Labute approximate surface area is 170 Å². The lowest BCUT2D eigenvalue weighted by Gasteiger charge is -2.17. The highest BCUT2D eigenvalue weighted by atomic mass is 35.5. The summed E-state index contributed by atoms with van der Waals surface area (Å²) in [5.41, 5.74) is 0.656. The molecule has 0 saturated heterocycles. The van der Waals surface area contributed by atoms with E-state index < -0.39 is 0 Å². The summed E-state index contributed by atoms with van der Waals surface area (Å²) in [6.45, 7) is 4.54. The van der Waals surface area contributed by atoms with Crippen LogP contribution in [0.1, 0.15) is 101 Å². The van der Waals surface area contributed by atoms with Gasteiger partial charge in [0.2, 0.25) is 0 Å². The van der Waals surface area contributed by atoms with Crippen molar-refractivity contribution in [3.63, 3.8) is 0 Å². The van der Waals surface area contributed by atoms with Crippen molar-refractivity contribution in [3.05, 3.63) is 29.8 Å². The first kappa shape index (κ1) is 23.6. The first-order chi connectivity index (χ1) is 12.7. The van der Waals surface area contributed by atoms with Gasteiger partial charge in [0, 0.05) is 16.2 Å². The van der Waals surface area contributed by atoms with Crippen LogP contribution in [0.2, 0.25) is 0 Å². The number of hydrogen-bond donors (Lipinski definition) is 0. The number of halogens is 1. The van der Waals surface area contributed by atoms with Crippen molar-refractivity contribution < 1.29 is 4.79 Å². The highest BCUT2D eigenvalue weighted by molar-refractivity contribution is 7.99. The molecular weight excluding hydrogens is 360 g/mol. The predicted octanol–water partition coefficient (Wildman–Crippen LogP) is 8.49. The van der Waals surface area contributed by atoms with Crippen LogP contribution in [-0.4, -0.2) is 11.0 Å². The topological polar surface area (TPSA) is 17.1 Å². The first-order valence-electron chi connectivity index (χ1n) is 10.6. The lowest BCUT2D eigenvalue weighted by atomic mass is 9.96. The van der Waals surface area contributed by atoms with Gasteiger partial charge in [0.15, 0.2) is 0 Å². The molecule has 0 aliphatic heterocycles. The van der Waals surface area contributed by atoms with E-state index in [1.165, 1.54) is 77.0 Å². The Kier molecular flexibility index (Phi) is 14.1. The zero-order valence-corrected chi connectivity index (χ0v) is 18.3. The van der Waals surface area contributed by atoms with Crippen LogP contribution < -0.4 is 0 Å². The van der Waals surface area contributed by atoms with Crippen molar-refractivity contribution in [1.29, 1.82) is 0 Å². The van der Waals surface area contributed by atoms with E-state index in [4.69, 9.17) is 11.6 Å². The Morgan fingerprint density at radius 2 is 1.42 bits per heavy atom. The molecule has 0 amide bonds. The molecule has 0 N–H and O–H groups in total. The molecule has 0 aromatic heterocycles. The predicted molar refractivity (Wildman–Crippen MR) is 118 cm³/mol. The van der Waals surface area contributed by atoms with E-state index in [-0.39, 0.29) is 5.24 Å². The minimum Gasteiger partial charge on any atom is -0.276 e. The molecule has 26 heavy (non-hydrogen) atoms. The molecular formula is C23H37ClOS. The van der Waals surface area contributed by atoms with Gasteiger partial charge in [0.05, 0.1) is 0 Å². The molecule has 1 aromatic carbocycles. The van der Waals surface area contributed by atoms with Gasteiger partial charge in [-0.15, -0.1) is 11.8 Å². The van der Waals surface area contributed by atoms with Gasteiger partial charge in [-0.05, 0) is 42.5 Å². The average molecular weight is 397 g/mol. The molecule has 0 fully saturated rings. The molecule has 0 saturated carbocycles. The highest BCUT2D eigenvalue weighted by Gasteiger charge is 2.13. The van der Waals surface area contributed by atoms with Crippen LogP contribution in [0, 0.1) is 5.92 Å². The molecule has 0 heterocycles. The van der Waals surface area contributed by atoms with E-state index in [2.05, 4.69) is 13.8 Å². The monoisotopic (exact) mass is 396 g/mol. The molecule has 0 spiro atoms. The maximum atomic E-state index is 11.6. The molecule has 1 aromatic rings. The summed E-state index contributed by atoms with van der Waals surface area (Å²) in [6, 6.07) is 7.74. The Bertz CT molecular complexity index is 489. The van der Waals surface area contributed by atoms with Crippen LogP contribution in [0.25, 0.3) is 0 Å².